The van der Waals surface area contributed by atoms with Crippen LogP contribution in [0.15, 0.2) is 30.3 Å². The molecule has 3 heteroatoms. The van der Waals surface area contributed by atoms with Crippen molar-refractivity contribution in [2.75, 3.05) is 6.54 Å². The Bertz CT molecular complexity index is 502. The molecule has 0 unspecified atom stereocenters. The zero-order valence-corrected chi connectivity index (χ0v) is 12.4. The highest BCUT2D eigenvalue weighted by Crippen LogP contribution is 2.22. The maximum absolute atomic E-state index is 5.51. The monoisotopic (exact) mass is 271 g/mol. The maximum atomic E-state index is 5.51. The molecule has 1 aromatic heterocycles. The van der Waals surface area contributed by atoms with Gasteiger partial charge in [-0.2, -0.15) is 0 Å². The quantitative estimate of drug-likeness (QED) is 0.719. The van der Waals surface area contributed by atoms with E-state index in [-0.39, 0.29) is 0 Å². The number of nitrogens with two attached hydrogens (primary N) is 1. The zero-order chi connectivity index (χ0) is 14.2. The van der Waals surface area contributed by atoms with Crippen molar-refractivity contribution in [2.45, 2.75) is 45.4 Å². The second-order valence-corrected chi connectivity index (χ2v) is 5.18. The molecule has 0 aliphatic heterocycles. The first kappa shape index (κ1) is 14.8. The number of hydrogen-bond donors (Lipinski definition) is 2. The van der Waals surface area contributed by atoms with Crippen LogP contribution in [-0.4, -0.2) is 16.5 Å². The van der Waals surface area contributed by atoms with Crippen LogP contribution >= 0.6 is 0 Å². The summed E-state index contributed by atoms with van der Waals surface area (Å²) < 4.78 is 0. The van der Waals surface area contributed by atoms with Gasteiger partial charge in [0.1, 0.15) is 5.82 Å². The minimum absolute atomic E-state index is 0.804. The van der Waals surface area contributed by atoms with E-state index in [1.165, 1.54) is 30.5 Å². The van der Waals surface area contributed by atoms with Crippen molar-refractivity contribution in [2.24, 2.45) is 5.73 Å². The fourth-order valence-corrected chi connectivity index (χ4v) is 2.46. The van der Waals surface area contributed by atoms with Gasteiger partial charge in [-0.15, -0.1) is 0 Å². The van der Waals surface area contributed by atoms with E-state index in [4.69, 9.17) is 10.7 Å². The molecule has 3 N–H and O–H groups in total. The number of benzene rings is 1. The predicted molar refractivity (Wildman–Crippen MR) is 84.6 cm³/mol. The topological polar surface area (TPSA) is 54.7 Å². The lowest BCUT2D eigenvalue weighted by Crippen LogP contribution is -1.98. The Morgan fingerprint density at radius 3 is 2.50 bits per heavy atom. The van der Waals surface area contributed by atoms with Crippen molar-refractivity contribution in [1.29, 1.82) is 0 Å². The van der Waals surface area contributed by atoms with Gasteiger partial charge in [-0.3, -0.25) is 0 Å². The summed E-state index contributed by atoms with van der Waals surface area (Å²) in [5, 5.41) is 0. The third-order valence-corrected chi connectivity index (χ3v) is 3.60. The molecule has 0 radical (unpaired) electrons. The molecule has 0 atom stereocenters. The molecule has 2 aromatic rings. The number of unbranched alkanes of at least 4 members (excludes halogenated alkanes) is 3. The van der Waals surface area contributed by atoms with Gasteiger partial charge in [0.2, 0.25) is 0 Å². The second kappa shape index (κ2) is 7.85. The smallest absolute Gasteiger partial charge is 0.106 e. The molecule has 0 spiro atoms. The summed E-state index contributed by atoms with van der Waals surface area (Å²) >= 11 is 0. The molecule has 0 aliphatic carbocycles. The molecule has 0 saturated heterocycles. The summed E-state index contributed by atoms with van der Waals surface area (Å²) in [5.74, 6) is 1.12. The third kappa shape index (κ3) is 3.94. The lowest BCUT2D eigenvalue weighted by atomic mass is 10.1. The van der Waals surface area contributed by atoms with Gasteiger partial charge in [0.15, 0.2) is 0 Å². The Kier molecular flexibility index (Phi) is 5.81. The number of nitrogens with zero attached hydrogens (tertiary/aromatic N) is 1. The van der Waals surface area contributed by atoms with Crippen LogP contribution < -0.4 is 5.73 Å². The molecule has 1 aromatic carbocycles. The number of aromatic nitrogens is 2. The molecule has 3 nitrogen and oxygen atoms in total. The van der Waals surface area contributed by atoms with Crippen LogP contribution in [0.25, 0.3) is 11.3 Å². The number of imidazole rings is 1. The third-order valence-electron chi connectivity index (χ3n) is 3.60. The van der Waals surface area contributed by atoms with Gasteiger partial charge in [0, 0.05) is 17.7 Å². The standard InChI is InChI=1S/C17H25N3/c1-2-15-17(14-10-6-5-7-11-14)20-16(19-15)12-8-3-4-9-13-18/h5-7,10-11H,2-4,8-9,12-13,18H2,1H3,(H,19,20). The van der Waals surface area contributed by atoms with Gasteiger partial charge in [-0.05, 0) is 25.8 Å². The molecule has 0 bridgehead atoms. The summed E-state index contributed by atoms with van der Waals surface area (Å²) in [5.41, 5.74) is 9.07. The molecule has 108 valence electrons. The maximum Gasteiger partial charge on any atom is 0.106 e. The van der Waals surface area contributed by atoms with E-state index < -0.39 is 0 Å². The predicted octanol–water partition coefficient (Wildman–Crippen LogP) is 3.70. The average molecular weight is 271 g/mol. The van der Waals surface area contributed by atoms with E-state index in [1.807, 2.05) is 6.07 Å². The number of nitrogens with one attached hydrogen (secondary N) is 1. The number of hydrogen-bond acceptors (Lipinski definition) is 2. The number of H-pyrrole nitrogens is 1. The first-order valence-corrected chi connectivity index (χ1v) is 7.68. The molecule has 1 heterocycles. The van der Waals surface area contributed by atoms with E-state index in [9.17, 15) is 0 Å². The van der Waals surface area contributed by atoms with Crippen LogP contribution in [0.4, 0.5) is 0 Å². The van der Waals surface area contributed by atoms with E-state index in [1.54, 1.807) is 0 Å². The molecule has 0 amide bonds. The van der Waals surface area contributed by atoms with Crippen LogP contribution in [-0.2, 0) is 12.8 Å². The molecule has 0 saturated carbocycles. The van der Waals surface area contributed by atoms with E-state index in [2.05, 4.69) is 36.2 Å². The minimum Gasteiger partial charge on any atom is -0.345 e. The van der Waals surface area contributed by atoms with E-state index >= 15 is 0 Å². The highest BCUT2D eigenvalue weighted by atomic mass is 14.9. The molecule has 20 heavy (non-hydrogen) atoms. The number of aryl methyl sites for hydroxylation is 2. The molecule has 0 fully saturated rings. The SMILES string of the molecule is CCc1[nH]c(CCCCCCN)nc1-c1ccccc1. The van der Waals surface area contributed by atoms with Crippen molar-refractivity contribution in [3.05, 3.63) is 41.9 Å². The van der Waals surface area contributed by atoms with Gasteiger partial charge in [0.25, 0.3) is 0 Å². The first-order chi connectivity index (χ1) is 9.85. The summed E-state index contributed by atoms with van der Waals surface area (Å²) in [4.78, 5) is 8.27. The summed E-state index contributed by atoms with van der Waals surface area (Å²) in [6.07, 6.45) is 6.80. The van der Waals surface area contributed by atoms with E-state index in [0.717, 1.165) is 37.3 Å². The van der Waals surface area contributed by atoms with Crippen LogP contribution in [0.5, 0.6) is 0 Å². The van der Waals surface area contributed by atoms with Gasteiger partial charge in [-0.25, -0.2) is 4.98 Å². The van der Waals surface area contributed by atoms with Gasteiger partial charge in [0.05, 0.1) is 5.69 Å². The van der Waals surface area contributed by atoms with E-state index in [0.29, 0.717) is 0 Å². The average Bonchev–Trinajstić information content (AvgIpc) is 2.91. The lowest BCUT2D eigenvalue weighted by Gasteiger charge is -1.98. The highest BCUT2D eigenvalue weighted by molar-refractivity contribution is 5.61. The molecule has 0 aliphatic rings. The summed E-state index contributed by atoms with van der Waals surface area (Å²) in [6, 6.07) is 10.4. The van der Waals surface area contributed by atoms with Gasteiger partial charge < -0.3 is 10.7 Å². The Morgan fingerprint density at radius 1 is 1.05 bits per heavy atom. The van der Waals surface area contributed by atoms with Crippen LogP contribution in [0.3, 0.4) is 0 Å². The summed E-state index contributed by atoms with van der Waals surface area (Å²) in [6.45, 7) is 2.98. The Balaban J connectivity index is 2.00. The Morgan fingerprint density at radius 2 is 1.80 bits per heavy atom. The van der Waals surface area contributed by atoms with Crippen molar-refractivity contribution >= 4 is 0 Å². The number of aromatic amines is 1. The van der Waals surface area contributed by atoms with Gasteiger partial charge in [-0.1, -0.05) is 50.1 Å². The second-order valence-electron chi connectivity index (χ2n) is 5.18. The van der Waals surface area contributed by atoms with Crippen molar-refractivity contribution in [1.82, 2.24) is 9.97 Å². The fraction of sp³-hybridized carbons (Fsp3) is 0.471. The Labute approximate surface area is 121 Å². The minimum atomic E-state index is 0.804. The zero-order valence-electron chi connectivity index (χ0n) is 12.4. The number of rotatable bonds is 8. The highest BCUT2D eigenvalue weighted by Gasteiger charge is 2.10. The fourth-order valence-electron chi connectivity index (χ4n) is 2.46. The van der Waals surface area contributed by atoms with Crippen LogP contribution in [0.1, 0.15) is 44.1 Å². The normalized spacial score (nSPS) is 10.9. The van der Waals surface area contributed by atoms with Crippen molar-refractivity contribution < 1.29 is 0 Å². The molecular formula is C17H25N3. The van der Waals surface area contributed by atoms with Crippen LogP contribution in [0, 0.1) is 0 Å². The van der Waals surface area contributed by atoms with Crippen LogP contribution in [0.2, 0.25) is 0 Å². The van der Waals surface area contributed by atoms with Crippen molar-refractivity contribution in [3.63, 3.8) is 0 Å². The lowest BCUT2D eigenvalue weighted by molar-refractivity contribution is 0.637. The van der Waals surface area contributed by atoms with Crippen molar-refractivity contribution in [3.8, 4) is 11.3 Å². The largest absolute Gasteiger partial charge is 0.345 e. The van der Waals surface area contributed by atoms with Gasteiger partial charge >= 0.3 is 0 Å². The Hall–Kier alpha value is -1.61. The first-order valence-electron chi connectivity index (χ1n) is 7.68. The molecule has 2 rings (SSSR count). The summed E-state index contributed by atoms with van der Waals surface area (Å²) in [7, 11) is 0. The molecular weight excluding hydrogens is 246 g/mol.